The van der Waals surface area contributed by atoms with Crippen LogP contribution in [0, 0.1) is 0 Å². The van der Waals surface area contributed by atoms with Crippen LogP contribution >= 0.6 is 0 Å². The molecule has 0 saturated heterocycles. The number of hydrogen-bond acceptors (Lipinski definition) is 4. The van der Waals surface area contributed by atoms with Gasteiger partial charge in [-0.15, -0.1) is 10.2 Å². The van der Waals surface area contributed by atoms with Gasteiger partial charge >= 0.3 is 0 Å². The van der Waals surface area contributed by atoms with Gasteiger partial charge in [-0.3, -0.25) is 0 Å². The minimum Gasteiger partial charge on any atom is -0.366 e. The van der Waals surface area contributed by atoms with E-state index in [1.165, 1.54) is 0 Å². The van der Waals surface area contributed by atoms with Crippen molar-refractivity contribution in [1.82, 2.24) is 0 Å². The molecule has 1 aliphatic rings. The molecule has 0 unspecified atom stereocenters. The molecule has 4 nitrogen and oxygen atoms in total. The van der Waals surface area contributed by atoms with Gasteiger partial charge in [-0.1, -0.05) is 0 Å². The minimum absolute atomic E-state index is 0.242. The zero-order valence-electron chi connectivity index (χ0n) is 5.42. The van der Waals surface area contributed by atoms with Crippen LogP contribution in [0.4, 0.5) is 0 Å². The Hall–Kier alpha value is -1.19. The van der Waals surface area contributed by atoms with E-state index in [0.29, 0.717) is 5.82 Å². The van der Waals surface area contributed by atoms with Crippen molar-refractivity contribution in [3.63, 3.8) is 0 Å². The molecule has 0 atom stereocenters. The Balaban J connectivity index is 2.95. The average molecular weight is 124 g/mol. The predicted octanol–water partition coefficient (Wildman–Crippen LogP) is 1.02. The molecule has 9 heavy (non-hydrogen) atoms. The number of nitrogens with zero attached hydrogens (tertiary/aromatic N) is 3. The first-order chi connectivity index (χ1) is 4.20. The summed E-state index contributed by atoms with van der Waals surface area (Å²) < 4.78 is 0. The third-order valence-electron chi connectivity index (χ3n) is 0.915. The maximum Gasteiger partial charge on any atom is 0.242 e. The lowest BCUT2D eigenvalue weighted by atomic mass is 10.3. The van der Waals surface area contributed by atoms with E-state index in [1.54, 1.807) is 0 Å². The molecule has 0 aromatic carbocycles. The van der Waals surface area contributed by atoms with Crippen molar-refractivity contribution in [1.29, 1.82) is 0 Å². The molecule has 48 valence electrons. The summed E-state index contributed by atoms with van der Waals surface area (Å²) in [5, 5.41) is 7.23. The van der Waals surface area contributed by atoms with E-state index in [-0.39, 0.29) is 5.96 Å². The van der Waals surface area contributed by atoms with E-state index in [4.69, 9.17) is 5.73 Å². The lowest BCUT2D eigenvalue weighted by molar-refractivity contribution is 1.13. The predicted molar refractivity (Wildman–Crippen MR) is 34.9 cm³/mol. The molecular formula is C5H8N4. The van der Waals surface area contributed by atoms with Gasteiger partial charge in [-0.25, -0.2) is 0 Å². The van der Waals surface area contributed by atoms with Crippen LogP contribution in [0.25, 0.3) is 0 Å². The number of guanidine groups is 1. The van der Waals surface area contributed by atoms with Crippen molar-refractivity contribution >= 4 is 5.96 Å². The maximum absolute atomic E-state index is 5.22. The number of rotatable bonds is 0. The molecule has 1 aliphatic heterocycles. The summed E-state index contributed by atoms with van der Waals surface area (Å²) in [7, 11) is 0. The Morgan fingerprint density at radius 2 is 2.00 bits per heavy atom. The van der Waals surface area contributed by atoms with Crippen LogP contribution in [0.5, 0.6) is 0 Å². The van der Waals surface area contributed by atoms with Crippen LogP contribution in [0.2, 0.25) is 0 Å². The van der Waals surface area contributed by atoms with E-state index in [9.17, 15) is 0 Å². The maximum atomic E-state index is 5.22. The van der Waals surface area contributed by atoms with Crippen molar-refractivity contribution < 1.29 is 0 Å². The highest BCUT2D eigenvalue weighted by atomic mass is 15.3. The highest BCUT2D eigenvalue weighted by molar-refractivity contribution is 5.80. The molecule has 0 radical (unpaired) electrons. The third kappa shape index (κ3) is 1.13. The molecule has 0 aromatic heterocycles. The van der Waals surface area contributed by atoms with Gasteiger partial charge in [0.05, 0.1) is 0 Å². The summed E-state index contributed by atoms with van der Waals surface area (Å²) in [4.78, 5) is 3.83. The Kier molecular flexibility index (Phi) is 1.30. The molecular weight excluding hydrogens is 116 g/mol. The van der Waals surface area contributed by atoms with E-state index >= 15 is 0 Å². The van der Waals surface area contributed by atoms with E-state index in [1.807, 2.05) is 13.8 Å². The fraction of sp³-hybridized carbons (Fsp3) is 0.400. The monoisotopic (exact) mass is 124 g/mol. The van der Waals surface area contributed by atoms with Crippen LogP contribution in [0.1, 0.15) is 13.8 Å². The Morgan fingerprint density at radius 1 is 1.33 bits per heavy atom. The lowest BCUT2D eigenvalue weighted by Gasteiger charge is -1.85. The van der Waals surface area contributed by atoms with Crippen molar-refractivity contribution in [2.45, 2.75) is 13.8 Å². The average Bonchev–Trinajstić information content (AvgIpc) is 2.14. The minimum atomic E-state index is 0.242. The lowest BCUT2D eigenvalue weighted by Crippen LogP contribution is -2.03. The summed E-state index contributed by atoms with van der Waals surface area (Å²) in [6.07, 6.45) is 0. The zero-order valence-corrected chi connectivity index (χ0v) is 5.42. The van der Waals surface area contributed by atoms with Gasteiger partial charge in [0, 0.05) is 0 Å². The second-order valence-electron chi connectivity index (χ2n) is 1.99. The van der Waals surface area contributed by atoms with Crippen LogP contribution in [0.15, 0.2) is 26.6 Å². The fourth-order valence-electron chi connectivity index (χ4n) is 0.464. The molecule has 0 bridgehead atoms. The van der Waals surface area contributed by atoms with Gasteiger partial charge in [0.15, 0.2) is 5.82 Å². The zero-order chi connectivity index (χ0) is 6.85. The fourth-order valence-corrected chi connectivity index (χ4v) is 0.464. The van der Waals surface area contributed by atoms with Gasteiger partial charge in [0.25, 0.3) is 0 Å². The first-order valence-electron chi connectivity index (χ1n) is 2.63. The van der Waals surface area contributed by atoms with E-state index in [2.05, 4.69) is 15.2 Å². The van der Waals surface area contributed by atoms with Gasteiger partial charge in [0.2, 0.25) is 5.96 Å². The van der Waals surface area contributed by atoms with Crippen LogP contribution in [-0.4, -0.2) is 5.96 Å². The van der Waals surface area contributed by atoms with Crippen molar-refractivity contribution in [2.75, 3.05) is 0 Å². The van der Waals surface area contributed by atoms with Crippen molar-refractivity contribution in [3.8, 4) is 0 Å². The Bertz CT molecular complexity index is 207. The quantitative estimate of drug-likeness (QED) is 0.514. The topological polar surface area (TPSA) is 63.1 Å². The summed E-state index contributed by atoms with van der Waals surface area (Å²) >= 11 is 0. The second kappa shape index (κ2) is 1.97. The van der Waals surface area contributed by atoms with Crippen molar-refractivity contribution in [2.24, 2.45) is 21.0 Å². The molecule has 4 heteroatoms. The molecule has 0 spiro atoms. The highest BCUT2D eigenvalue weighted by Gasteiger charge is 2.02. The second-order valence-corrected chi connectivity index (χ2v) is 1.99. The molecule has 0 saturated carbocycles. The van der Waals surface area contributed by atoms with Crippen LogP contribution in [0.3, 0.4) is 0 Å². The van der Waals surface area contributed by atoms with Gasteiger partial charge in [0.1, 0.15) is 0 Å². The number of aliphatic imine (C=N–C) groups is 1. The summed E-state index contributed by atoms with van der Waals surface area (Å²) in [6.45, 7) is 3.83. The SMILES string of the molecule is CC(C)=C1N=NC(N)=N1. The van der Waals surface area contributed by atoms with Gasteiger partial charge < -0.3 is 5.73 Å². The molecule has 0 amide bonds. The third-order valence-corrected chi connectivity index (χ3v) is 0.915. The molecule has 2 N–H and O–H groups in total. The number of nitrogens with two attached hydrogens (primary N) is 1. The highest BCUT2D eigenvalue weighted by Crippen LogP contribution is 2.11. The number of allylic oxidation sites excluding steroid dienone is 1. The molecule has 0 aliphatic carbocycles. The Morgan fingerprint density at radius 3 is 2.22 bits per heavy atom. The molecule has 1 heterocycles. The van der Waals surface area contributed by atoms with Gasteiger partial charge in [-0.05, 0) is 19.4 Å². The van der Waals surface area contributed by atoms with E-state index in [0.717, 1.165) is 5.57 Å². The van der Waals surface area contributed by atoms with Crippen LogP contribution in [-0.2, 0) is 0 Å². The summed E-state index contributed by atoms with van der Waals surface area (Å²) in [5.74, 6) is 0.874. The largest absolute Gasteiger partial charge is 0.366 e. The molecule has 1 rings (SSSR count). The summed E-state index contributed by atoms with van der Waals surface area (Å²) in [5.41, 5.74) is 6.25. The Labute approximate surface area is 53.2 Å². The van der Waals surface area contributed by atoms with E-state index < -0.39 is 0 Å². The first kappa shape index (κ1) is 5.94. The van der Waals surface area contributed by atoms with Crippen LogP contribution < -0.4 is 5.73 Å². The number of azo groups is 1. The normalized spacial score (nSPS) is 16.2. The molecule has 0 fully saturated rings. The van der Waals surface area contributed by atoms with Gasteiger partial charge in [-0.2, -0.15) is 4.99 Å². The van der Waals surface area contributed by atoms with Crippen molar-refractivity contribution in [3.05, 3.63) is 11.4 Å². The summed E-state index contributed by atoms with van der Waals surface area (Å²) in [6, 6.07) is 0. The molecule has 0 aromatic rings. The standard InChI is InChI=1S/C5H8N4/c1-3(2)4-7-5(6)9-8-4/h1-2H3,(H2,6,7). The number of hydrogen-bond donors (Lipinski definition) is 1. The smallest absolute Gasteiger partial charge is 0.242 e. The first-order valence-corrected chi connectivity index (χ1v) is 2.63.